The van der Waals surface area contributed by atoms with E-state index < -0.39 is 0 Å². The van der Waals surface area contributed by atoms with E-state index >= 15 is 0 Å². The minimum absolute atomic E-state index is 0.124. The Labute approximate surface area is 175 Å². The summed E-state index contributed by atoms with van der Waals surface area (Å²) in [6, 6.07) is 21.0. The van der Waals surface area contributed by atoms with Gasteiger partial charge in [0.05, 0.1) is 4.88 Å². The monoisotopic (exact) mass is 407 g/mol. The highest BCUT2D eigenvalue weighted by Crippen LogP contribution is 2.14. The van der Waals surface area contributed by atoms with Crippen LogP contribution in [-0.2, 0) is 6.42 Å². The fourth-order valence-corrected chi connectivity index (χ4v) is 3.56. The highest BCUT2D eigenvalue weighted by Gasteiger charge is 2.15. The van der Waals surface area contributed by atoms with Crippen molar-refractivity contribution in [2.24, 2.45) is 0 Å². The molecule has 0 spiro atoms. The summed E-state index contributed by atoms with van der Waals surface area (Å²) >= 11 is 1.39. The maximum Gasteiger partial charge on any atom is 0.265 e. The van der Waals surface area contributed by atoms with Crippen LogP contribution in [-0.4, -0.2) is 43.4 Å². The number of rotatable bonds is 8. The van der Waals surface area contributed by atoms with E-state index in [9.17, 15) is 9.59 Å². The third kappa shape index (κ3) is 6.01. The topological polar surface area (TPSA) is 61.4 Å². The molecule has 6 heteroatoms. The van der Waals surface area contributed by atoms with E-state index in [2.05, 4.69) is 27.7 Å². The van der Waals surface area contributed by atoms with Crippen LogP contribution in [0.4, 0.5) is 5.69 Å². The Hall–Kier alpha value is -2.96. The van der Waals surface area contributed by atoms with Crippen LogP contribution >= 0.6 is 11.3 Å². The molecule has 0 fully saturated rings. The Kier molecular flexibility index (Phi) is 7.16. The molecule has 150 valence electrons. The van der Waals surface area contributed by atoms with Gasteiger partial charge in [-0.1, -0.05) is 36.4 Å². The number of anilines is 1. The molecule has 0 saturated heterocycles. The molecule has 0 bridgehead atoms. The number of nitrogens with one attached hydrogen (secondary N) is 2. The third-order valence-electron chi connectivity index (χ3n) is 4.69. The number of amides is 2. The molecule has 0 aliphatic carbocycles. The van der Waals surface area contributed by atoms with E-state index in [1.54, 1.807) is 30.3 Å². The molecule has 1 heterocycles. The Morgan fingerprint density at radius 2 is 1.66 bits per heavy atom. The normalized spacial score (nSPS) is 11.8. The maximum atomic E-state index is 12.5. The summed E-state index contributed by atoms with van der Waals surface area (Å²) in [6.07, 6.45) is 0.863. The van der Waals surface area contributed by atoms with E-state index in [-0.39, 0.29) is 17.9 Å². The number of benzene rings is 2. The molecule has 0 aliphatic rings. The fourth-order valence-electron chi connectivity index (χ4n) is 2.94. The number of hydrogen-bond acceptors (Lipinski definition) is 4. The molecule has 2 aromatic carbocycles. The molecule has 29 heavy (non-hydrogen) atoms. The predicted octanol–water partition coefficient (Wildman–Crippen LogP) is 3.90. The molecule has 2 amide bonds. The molecule has 3 rings (SSSR count). The van der Waals surface area contributed by atoms with Crippen LogP contribution in [0.15, 0.2) is 72.1 Å². The third-order valence-corrected chi connectivity index (χ3v) is 5.56. The second-order valence-electron chi connectivity index (χ2n) is 7.03. The molecule has 3 aromatic rings. The Morgan fingerprint density at radius 3 is 2.28 bits per heavy atom. The lowest BCUT2D eigenvalue weighted by Crippen LogP contribution is -2.41. The van der Waals surface area contributed by atoms with Gasteiger partial charge in [-0.05, 0) is 61.8 Å². The average molecular weight is 408 g/mol. The first-order chi connectivity index (χ1) is 14.0. The van der Waals surface area contributed by atoms with Gasteiger partial charge in [0.2, 0.25) is 0 Å². The lowest BCUT2D eigenvalue weighted by atomic mass is 10.0. The van der Waals surface area contributed by atoms with Gasteiger partial charge in [-0.2, -0.15) is 0 Å². The number of thiophene rings is 1. The van der Waals surface area contributed by atoms with Crippen LogP contribution in [0.5, 0.6) is 0 Å². The second kappa shape index (κ2) is 10.0. The number of nitrogens with zero attached hydrogens (tertiary/aromatic N) is 1. The molecule has 2 N–H and O–H groups in total. The first-order valence-corrected chi connectivity index (χ1v) is 10.3. The van der Waals surface area contributed by atoms with Crippen molar-refractivity contribution in [1.82, 2.24) is 10.2 Å². The van der Waals surface area contributed by atoms with Crippen molar-refractivity contribution in [2.45, 2.75) is 12.5 Å². The van der Waals surface area contributed by atoms with E-state index in [1.807, 2.05) is 43.7 Å². The molecular formula is C23H25N3O2S. The summed E-state index contributed by atoms with van der Waals surface area (Å²) in [5, 5.41) is 7.72. The van der Waals surface area contributed by atoms with Gasteiger partial charge in [0.25, 0.3) is 11.8 Å². The molecule has 5 nitrogen and oxygen atoms in total. The van der Waals surface area contributed by atoms with Gasteiger partial charge < -0.3 is 15.5 Å². The highest BCUT2D eigenvalue weighted by atomic mass is 32.1. The molecule has 1 atom stereocenters. The van der Waals surface area contributed by atoms with Gasteiger partial charge in [-0.15, -0.1) is 11.3 Å². The number of likely N-dealkylation sites (N-methyl/N-ethyl adjacent to an activating group) is 1. The van der Waals surface area contributed by atoms with Crippen molar-refractivity contribution in [3.63, 3.8) is 0 Å². The Balaban J connectivity index is 1.55. The van der Waals surface area contributed by atoms with E-state index in [0.29, 0.717) is 22.7 Å². The summed E-state index contributed by atoms with van der Waals surface area (Å²) in [7, 11) is 4.04. The zero-order chi connectivity index (χ0) is 20.6. The fraction of sp³-hybridized carbons (Fsp3) is 0.217. The van der Waals surface area contributed by atoms with E-state index in [4.69, 9.17) is 0 Å². The van der Waals surface area contributed by atoms with Crippen molar-refractivity contribution < 1.29 is 9.59 Å². The van der Waals surface area contributed by atoms with Crippen LogP contribution in [0.1, 0.15) is 25.6 Å². The van der Waals surface area contributed by atoms with E-state index in [1.165, 1.54) is 16.9 Å². The minimum atomic E-state index is -0.146. The van der Waals surface area contributed by atoms with Crippen molar-refractivity contribution in [2.75, 3.05) is 26.0 Å². The standard InChI is InChI=1S/C23H25N3O2S/c1-26(2)20(15-17-7-4-3-5-8-17)16-24-22(27)18-10-12-19(13-11-18)25-23(28)21-9-6-14-29-21/h3-14,20H,15-16H2,1-2H3,(H,24,27)(H,25,28)/t20-/m1/s1. The summed E-state index contributed by atoms with van der Waals surface area (Å²) in [6.45, 7) is 0.553. The van der Waals surface area contributed by atoms with E-state index in [0.717, 1.165) is 6.42 Å². The number of hydrogen-bond donors (Lipinski definition) is 2. The lowest BCUT2D eigenvalue weighted by molar-refractivity contribution is 0.0941. The number of carbonyl (C=O) groups is 2. The van der Waals surface area contributed by atoms with Gasteiger partial charge in [-0.3, -0.25) is 9.59 Å². The predicted molar refractivity (Wildman–Crippen MR) is 119 cm³/mol. The first kappa shape index (κ1) is 20.8. The lowest BCUT2D eigenvalue weighted by Gasteiger charge is -2.24. The minimum Gasteiger partial charge on any atom is -0.350 e. The van der Waals surface area contributed by atoms with Crippen molar-refractivity contribution in [3.05, 3.63) is 88.1 Å². The van der Waals surface area contributed by atoms with Crippen LogP contribution in [0, 0.1) is 0 Å². The molecule has 0 unspecified atom stereocenters. The van der Waals surface area contributed by atoms with Crippen molar-refractivity contribution >= 4 is 28.8 Å². The molecule has 0 radical (unpaired) electrons. The van der Waals surface area contributed by atoms with Crippen LogP contribution in [0.2, 0.25) is 0 Å². The van der Waals surface area contributed by atoms with Gasteiger partial charge in [0.15, 0.2) is 0 Å². The molecule has 0 aliphatic heterocycles. The second-order valence-corrected chi connectivity index (χ2v) is 7.97. The van der Waals surface area contributed by atoms with Gasteiger partial charge >= 0.3 is 0 Å². The maximum absolute atomic E-state index is 12.5. The van der Waals surface area contributed by atoms with Crippen molar-refractivity contribution in [3.8, 4) is 0 Å². The summed E-state index contributed by atoms with van der Waals surface area (Å²) in [4.78, 5) is 27.4. The number of carbonyl (C=O) groups excluding carboxylic acids is 2. The summed E-state index contributed by atoms with van der Waals surface area (Å²) in [5.41, 5.74) is 2.47. The van der Waals surface area contributed by atoms with Crippen LogP contribution in [0.3, 0.4) is 0 Å². The largest absolute Gasteiger partial charge is 0.350 e. The van der Waals surface area contributed by atoms with Crippen LogP contribution in [0.25, 0.3) is 0 Å². The Bertz CT molecular complexity index is 923. The zero-order valence-corrected chi connectivity index (χ0v) is 17.4. The first-order valence-electron chi connectivity index (χ1n) is 9.46. The average Bonchev–Trinajstić information content (AvgIpc) is 3.27. The highest BCUT2D eigenvalue weighted by molar-refractivity contribution is 7.12. The van der Waals surface area contributed by atoms with Gasteiger partial charge in [0.1, 0.15) is 0 Å². The van der Waals surface area contributed by atoms with Gasteiger partial charge in [0, 0.05) is 23.8 Å². The van der Waals surface area contributed by atoms with Crippen LogP contribution < -0.4 is 10.6 Å². The SMILES string of the molecule is CN(C)[C@@H](CNC(=O)c1ccc(NC(=O)c2cccs2)cc1)Cc1ccccc1. The molecular weight excluding hydrogens is 382 g/mol. The van der Waals surface area contributed by atoms with Crippen molar-refractivity contribution in [1.29, 1.82) is 0 Å². The van der Waals surface area contributed by atoms with Gasteiger partial charge in [-0.25, -0.2) is 0 Å². The summed E-state index contributed by atoms with van der Waals surface area (Å²) in [5.74, 6) is -0.270. The molecule has 1 aromatic heterocycles. The molecule has 0 saturated carbocycles. The zero-order valence-electron chi connectivity index (χ0n) is 16.6. The quantitative estimate of drug-likeness (QED) is 0.595. The summed E-state index contributed by atoms with van der Waals surface area (Å²) < 4.78 is 0. The smallest absolute Gasteiger partial charge is 0.265 e. The Morgan fingerprint density at radius 1 is 0.931 bits per heavy atom.